The summed E-state index contributed by atoms with van der Waals surface area (Å²) in [5.74, 6) is 0.121. The number of ether oxygens (including phenoxy) is 1. The van der Waals surface area contributed by atoms with Crippen molar-refractivity contribution in [3.63, 3.8) is 0 Å². The van der Waals surface area contributed by atoms with Gasteiger partial charge in [0.25, 0.3) is 0 Å². The van der Waals surface area contributed by atoms with Crippen molar-refractivity contribution in [1.29, 1.82) is 0 Å². The first kappa shape index (κ1) is 13.7. The molecule has 110 valence electrons. The molecule has 1 spiro atoms. The smallest absolute Gasteiger partial charge is 0.185 e. The van der Waals surface area contributed by atoms with Crippen LogP contribution in [0, 0.1) is 0 Å². The fourth-order valence-electron chi connectivity index (χ4n) is 3.07. The normalized spacial score (nSPS) is 24.1. The third-order valence-corrected chi connectivity index (χ3v) is 4.40. The largest absolute Gasteiger partial charge is 0.363 e. The van der Waals surface area contributed by atoms with Crippen LogP contribution in [-0.4, -0.2) is 27.4 Å². The molecule has 1 fully saturated rings. The van der Waals surface area contributed by atoms with Gasteiger partial charge in [-0.2, -0.15) is 0 Å². The molecule has 1 atom stereocenters. The fraction of sp³-hybridized carbons (Fsp3) is 0.800. The van der Waals surface area contributed by atoms with Crippen LogP contribution < -0.4 is 0 Å². The maximum absolute atomic E-state index is 11.9. The van der Waals surface area contributed by atoms with Crippen LogP contribution in [-0.2, 0) is 16.9 Å². The molecule has 1 aliphatic heterocycles. The number of hydrogen-bond acceptors (Lipinski definition) is 4. The van der Waals surface area contributed by atoms with Gasteiger partial charge in [-0.25, -0.2) is 4.68 Å². The molecule has 1 unspecified atom stereocenters. The number of ketones is 1. The van der Waals surface area contributed by atoms with Crippen LogP contribution >= 0.6 is 0 Å². The molecular formula is C15H23N3O2. The monoisotopic (exact) mass is 277 g/mol. The van der Waals surface area contributed by atoms with Gasteiger partial charge in [0.15, 0.2) is 11.5 Å². The molecule has 1 aromatic heterocycles. The van der Waals surface area contributed by atoms with Crippen LogP contribution in [0.2, 0.25) is 0 Å². The number of hydrogen-bond donors (Lipinski definition) is 0. The minimum absolute atomic E-state index is 0.121. The summed E-state index contributed by atoms with van der Waals surface area (Å²) >= 11 is 0. The van der Waals surface area contributed by atoms with Crippen LogP contribution in [0.5, 0.6) is 0 Å². The van der Waals surface area contributed by atoms with Gasteiger partial charge in [-0.15, -0.1) is 5.10 Å². The summed E-state index contributed by atoms with van der Waals surface area (Å²) in [5.41, 5.74) is 1.27. The van der Waals surface area contributed by atoms with Crippen molar-refractivity contribution in [3.05, 3.63) is 11.4 Å². The number of carbonyl (C=O) groups excluding carboxylic acids is 1. The average molecular weight is 277 g/mol. The predicted molar refractivity (Wildman–Crippen MR) is 74.6 cm³/mol. The number of carbonyl (C=O) groups is 1. The zero-order valence-electron chi connectivity index (χ0n) is 12.2. The molecule has 3 rings (SSSR count). The highest BCUT2D eigenvalue weighted by Gasteiger charge is 2.54. The SMILES string of the molecule is CCCCCCCCn1nnc2c1C1(CCC2=O)CO1. The van der Waals surface area contributed by atoms with Crippen molar-refractivity contribution in [1.82, 2.24) is 15.0 Å². The van der Waals surface area contributed by atoms with Gasteiger partial charge in [0.1, 0.15) is 11.3 Å². The van der Waals surface area contributed by atoms with Gasteiger partial charge in [-0.1, -0.05) is 44.2 Å². The Kier molecular flexibility index (Phi) is 3.87. The Labute approximate surface area is 119 Å². The Bertz CT molecular complexity index is 491. The first-order valence-corrected chi connectivity index (χ1v) is 7.88. The molecule has 0 aromatic carbocycles. The van der Waals surface area contributed by atoms with Crippen molar-refractivity contribution >= 4 is 5.78 Å². The molecule has 0 saturated carbocycles. The Morgan fingerprint density at radius 3 is 2.75 bits per heavy atom. The van der Waals surface area contributed by atoms with E-state index < -0.39 is 0 Å². The zero-order valence-corrected chi connectivity index (χ0v) is 12.2. The Morgan fingerprint density at radius 2 is 2.00 bits per heavy atom. The number of unbranched alkanes of at least 4 members (excludes halogenated alkanes) is 5. The van der Waals surface area contributed by atoms with E-state index in [-0.39, 0.29) is 11.4 Å². The lowest BCUT2D eigenvalue weighted by Crippen LogP contribution is -2.25. The maximum Gasteiger partial charge on any atom is 0.185 e. The van der Waals surface area contributed by atoms with E-state index in [1.54, 1.807) is 0 Å². The summed E-state index contributed by atoms with van der Waals surface area (Å²) in [6.07, 6.45) is 8.86. The van der Waals surface area contributed by atoms with E-state index in [0.29, 0.717) is 12.1 Å². The molecule has 1 saturated heterocycles. The lowest BCUT2D eigenvalue weighted by molar-refractivity contribution is 0.0939. The van der Waals surface area contributed by atoms with Gasteiger partial charge in [0.2, 0.25) is 0 Å². The lowest BCUT2D eigenvalue weighted by atomic mass is 9.89. The number of aromatic nitrogens is 3. The van der Waals surface area contributed by atoms with Crippen molar-refractivity contribution < 1.29 is 9.53 Å². The van der Waals surface area contributed by atoms with Crippen molar-refractivity contribution in [3.8, 4) is 0 Å². The van der Waals surface area contributed by atoms with E-state index >= 15 is 0 Å². The minimum atomic E-state index is -0.227. The number of aryl methyl sites for hydroxylation is 1. The fourth-order valence-corrected chi connectivity index (χ4v) is 3.07. The Hall–Kier alpha value is -1.23. The highest BCUT2D eigenvalue weighted by Crippen LogP contribution is 2.47. The van der Waals surface area contributed by atoms with Crippen LogP contribution in [0.25, 0.3) is 0 Å². The van der Waals surface area contributed by atoms with E-state index in [2.05, 4.69) is 17.2 Å². The first-order valence-electron chi connectivity index (χ1n) is 7.88. The van der Waals surface area contributed by atoms with Crippen molar-refractivity contribution in [2.45, 2.75) is 70.4 Å². The van der Waals surface area contributed by atoms with Gasteiger partial charge >= 0.3 is 0 Å². The summed E-state index contributed by atoms with van der Waals surface area (Å²) < 4.78 is 7.53. The lowest BCUT2D eigenvalue weighted by Gasteiger charge is -2.18. The number of rotatable bonds is 7. The van der Waals surface area contributed by atoms with E-state index in [0.717, 1.165) is 31.7 Å². The number of fused-ring (bicyclic) bond motifs is 2. The highest BCUT2D eigenvalue weighted by atomic mass is 16.6. The summed E-state index contributed by atoms with van der Waals surface area (Å²) in [6.45, 7) is 3.80. The standard InChI is InChI=1S/C15H23N3O2/c1-2-3-4-5-6-7-10-18-14-13(16-17-18)12(19)8-9-15(14)11-20-15/h2-11H2,1H3. The highest BCUT2D eigenvalue weighted by molar-refractivity contribution is 5.96. The van der Waals surface area contributed by atoms with E-state index in [1.807, 2.05) is 4.68 Å². The van der Waals surface area contributed by atoms with E-state index in [9.17, 15) is 4.79 Å². The average Bonchev–Trinajstić information content (AvgIpc) is 3.09. The molecule has 0 amide bonds. The topological polar surface area (TPSA) is 60.3 Å². The summed E-state index contributed by atoms with van der Waals surface area (Å²) in [4.78, 5) is 11.9. The van der Waals surface area contributed by atoms with Gasteiger partial charge in [0.05, 0.1) is 6.61 Å². The molecule has 1 aliphatic carbocycles. The second-order valence-corrected chi connectivity index (χ2v) is 5.98. The second-order valence-electron chi connectivity index (χ2n) is 5.98. The van der Waals surface area contributed by atoms with Gasteiger partial charge in [0, 0.05) is 13.0 Å². The van der Waals surface area contributed by atoms with Gasteiger partial charge < -0.3 is 4.74 Å². The number of nitrogens with zero attached hydrogens (tertiary/aromatic N) is 3. The second kappa shape index (κ2) is 5.64. The molecule has 5 heteroatoms. The first-order chi connectivity index (χ1) is 9.77. The molecule has 0 bridgehead atoms. The van der Waals surface area contributed by atoms with Crippen LogP contribution in [0.4, 0.5) is 0 Å². The Morgan fingerprint density at radius 1 is 1.25 bits per heavy atom. The number of epoxide rings is 1. The van der Waals surface area contributed by atoms with Crippen molar-refractivity contribution in [2.24, 2.45) is 0 Å². The molecule has 0 N–H and O–H groups in total. The summed E-state index contributed by atoms with van der Waals surface area (Å²) in [6, 6.07) is 0. The van der Waals surface area contributed by atoms with Crippen LogP contribution in [0.15, 0.2) is 0 Å². The van der Waals surface area contributed by atoms with Gasteiger partial charge in [-0.3, -0.25) is 4.79 Å². The van der Waals surface area contributed by atoms with Gasteiger partial charge in [-0.05, 0) is 12.8 Å². The molecule has 20 heavy (non-hydrogen) atoms. The third-order valence-electron chi connectivity index (χ3n) is 4.40. The quantitative estimate of drug-likeness (QED) is 0.568. The zero-order chi connectivity index (χ0) is 14.0. The van der Waals surface area contributed by atoms with E-state index in [1.165, 1.54) is 32.1 Å². The molecule has 0 radical (unpaired) electrons. The molecule has 1 aromatic rings. The van der Waals surface area contributed by atoms with Crippen LogP contribution in [0.3, 0.4) is 0 Å². The molecule has 2 aliphatic rings. The predicted octanol–water partition coefficient (Wildman–Crippen LogP) is 2.84. The maximum atomic E-state index is 11.9. The van der Waals surface area contributed by atoms with Crippen molar-refractivity contribution in [2.75, 3.05) is 6.61 Å². The van der Waals surface area contributed by atoms with E-state index in [4.69, 9.17) is 4.74 Å². The molecule has 5 nitrogen and oxygen atoms in total. The minimum Gasteiger partial charge on any atom is -0.363 e. The molecule has 2 heterocycles. The summed E-state index contributed by atoms with van der Waals surface area (Å²) in [5, 5.41) is 8.27. The third kappa shape index (κ3) is 2.51. The number of Topliss-reactive ketones (excluding diaryl/α,β-unsaturated/α-hetero) is 1. The summed E-state index contributed by atoms with van der Waals surface area (Å²) in [7, 11) is 0. The Balaban J connectivity index is 1.60. The molecular weight excluding hydrogens is 254 g/mol. The van der Waals surface area contributed by atoms with Crippen LogP contribution in [0.1, 0.15) is 74.5 Å².